The lowest BCUT2D eigenvalue weighted by atomic mass is 9.98. The van der Waals surface area contributed by atoms with Crippen molar-refractivity contribution in [3.8, 4) is 0 Å². The number of nitrogens with one attached hydrogen (secondary N) is 1. The summed E-state index contributed by atoms with van der Waals surface area (Å²) in [5.41, 5.74) is 1.73. The van der Waals surface area contributed by atoms with Crippen molar-refractivity contribution in [3.05, 3.63) is 52.8 Å². The Morgan fingerprint density at radius 3 is 2.85 bits per heavy atom. The third-order valence-corrected chi connectivity index (χ3v) is 7.19. The number of rotatable bonds is 4. The fraction of sp³-hybridized carbons (Fsp3) is 0.333. The van der Waals surface area contributed by atoms with E-state index in [4.69, 9.17) is 0 Å². The number of aryl methyl sites for hydroxylation is 1. The zero-order valence-electron chi connectivity index (χ0n) is 14.4. The van der Waals surface area contributed by atoms with Crippen LogP contribution in [0.1, 0.15) is 18.4 Å². The molecule has 8 heteroatoms. The van der Waals surface area contributed by atoms with Crippen molar-refractivity contribution in [2.75, 3.05) is 18.4 Å². The van der Waals surface area contributed by atoms with Gasteiger partial charge in [0.25, 0.3) is 0 Å². The lowest BCUT2D eigenvalue weighted by Gasteiger charge is -2.31. The summed E-state index contributed by atoms with van der Waals surface area (Å²) in [4.78, 5) is 16.7. The van der Waals surface area contributed by atoms with Crippen LogP contribution >= 0.6 is 15.9 Å². The molecule has 1 aromatic heterocycles. The van der Waals surface area contributed by atoms with Crippen LogP contribution in [0.5, 0.6) is 0 Å². The topological polar surface area (TPSA) is 79.4 Å². The Kier molecular flexibility index (Phi) is 5.74. The van der Waals surface area contributed by atoms with Gasteiger partial charge in [-0.3, -0.25) is 9.78 Å². The predicted octanol–water partition coefficient (Wildman–Crippen LogP) is 3.19. The van der Waals surface area contributed by atoms with Crippen LogP contribution in [0, 0.1) is 12.8 Å². The third kappa shape index (κ3) is 4.13. The molecule has 2 heterocycles. The molecule has 1 aliphatic heterocycles. The van der Waals surface area contributed by atoms with Gasteiger partial charge in [-0.05, 0) is 55.7 Å². The Morgan fingerprint density at radius 2 is 2.15 bits per heavy atom. The minimum Gasteiger partial charge on any atom is -0.326 e. The van der Waals surface area contributed by atoms with E-state index in [1.54, 1.807) is 6.07 Å². The zero-order chi connectivity index (χ0) is 18.7. The molecule has 0 radical (unpaired) electrons. The molecular weight excluding hydrogens is 418 g/mol. The van der Waals surface area contributed by atoms with Gasteiger partial charge in [-0.25, -0.2) is 8.42 Å². The molecule has 1 fully saturated rings. The molecule has 138 valence electrons. The smallest absolute Gasteiger partial charge is 0.244 e. The molecule has 0 aliphatic carbocycles. The molecule has 6 nitrogen and oxygen atoms in total. The average molecular weight is 438 g/mol. The fourth-order valence-electron chi connectivity index (χ4n) is 2.99. The van der Waals surface area contributed by atoms with Gasteiger partial charge in [0, 0.05) is 35.6 Å². The van der Waals surface area contributed by atoms with E-state index < -0.39 is 10.0 Å². The highest BCUT2D eigenvalue weighted by Gasteiger charge is 2.33. The first-order valence-electron chi connectivity index (χ1n) is 8.35. The van der Waals surface area contributed by atoms with Crippen LogP contribution < -0.4 is 5.32 Å². The summed E-state index contributed by atoms with van der Waals surface area (Å²) in [6, 6.07) is 8.70. The molecule has 1 N–H and O–H groups in total. The average Bonchev–Trinajstić information content (AvgIpc) is 2.65. The number of carbonyl (C=O) groups excluding carboxylic acids is 1. The Morgan fingerprint density at radius 1 is 1.35 bits per heavy atom. The van der Waals surface area contributed by atoms with Gasteiger partial charge in [-0.15, -0.1) is 0 Å². The summed E-state index contributed by atoms with van der Waals surface area (Å²) in [6.45, 7) is 2.54. The molecule has 26 heavy (non-hydrogen) atoms. The third-order valence-electron chi connectivity index (χ3n) is 4.45. The first kappa shape index (κ1) is 19.0. The molecule has 3 rings (SSSR count). The van der Waals surface area contributed by atoms with E-state index in [1.807, 2.05) is 25.1 Å². The summed E-state index contributed by atoms with van der Waals surface area (Å²) in [7, 11) is -3.63. The van der Waals surface area contributed by atoms with Gasteiger partial charge in [0.05, 0.1) is 5.92 Å². The summed E-state index contributed by atoms with van der Waals surface area (Å²) >= 11 is 3.43. The van der Waals surface area contributed by atoms with Crippen LogP contribution in [0.25, 0.3) is 0 Å². The highest BCUT2D eigenvalue weighted by Crippen LogP contribution is 2.25. The molecule has 1 unspecified atom stereocenters. The standard InChI is InChI=1S/C18H20BrN3O3S/c1-13-10-15(6-7-17(13)19)21-18(23)14-4-3-9-22(12-14)26(24,25)16-5-2-8-20-11-16/h2,5-8,10-11,14H,3-4,9,12H2,1H3,(H,21,23). The Labute approximate surface area is 161 Å². The maximum Gasteiger partial charge on any atom is 0.244 e. The summed E-state index contributed by atoms with van der Waals surface area (Å²) in [6.07, 6.45) is 4.19. The number of halogens is 1. The molecule has 0 saturated carbocycles. The second kappa shape index (κ2) is 7.85. The van der Waals surface area contributed by atoms with Crippen molar-refractivity contribution in [1.29, 1.82) is 0 Å². The summed E-state index contributed by atoms with van der Waals surface area (Å²) in [5, 5.41) is 2.90. The number of aromatic nitrogens is 1. The summed E-state index contributed by atoms with van der Waals surface area (Å²) in [5.74, 6) is -0.531. The number of hydrogen-bond donors (Lipinski definition) is 1. The SMILES string of the molecule is Cc1cc(NC(=O)C2CCCN(S(=O)(=O)c3cccnc3)C2)ccc1Br. The van der Waals surface area contributed by atoms with Gasteiger partial charge in [0.15, 0.2) is 0 Å². The van der Waals surface area contributed by atoms with E-state index in [2.05, 4.69) is 26.2 Å². The number of carbonyl (C=O) groups is 1. The van der Waals surface area contributed by atoms with E-state index >= 15 is 0 Å². The number of pyridine rings is 1. The second-order valence-electron chi connectivity index (χ2n) is 6.34. The number of hydrogen-bond acceptors (Lipinski definition) is 4. The largest absolute Gasteiger partial charge is 0.326 e. The lowest BCUT2D eigenvalue weighted by Crippen LogP contribution is -2.43. The number of sulfonamides is 1. The monoisotopic (exact) mass is 437 g/mol. The van der Waals surface area contributed by atoms with Crippen molar-refractivity contribution in [1.82, 2.24) is 9.29 Å². The minimum atomic E-state index is -3.63. The van der Waals surface area contributed by atoms with E-state index in [-0.39, 0.29) is 23.3 Å². The Hall–Kier alpha value is -1.77. The van der Waals surface area contributed by atoms with Crippen molar-refractivity contribution < 1.29 is 13.2 Å². The number of benzene rings is 1. The van der Waals surface area contributed by atoms with Gasteiger partial charge < -0.3 is 5.32 Å². The van der Waals surface area contributed by atoms with E-state index in [0.717, 1.165) is 10.0 Å². The Bertz CT molecular complexity index is 903. The first-order valence-corrected chi connectivity index (χ1v) is 10.6. The number of piperidine rings is 1. The van der Waals surface area contributed by atoms with Crippen LogP contribution in [-0.2, 0) is 14.8 Å². The lowest BCUT2D eigenvalue weighted by molar-refractivity contribution is -0.120. The minimum absolute atomic E-state index is 0.155. The molecule has 1 atom stereocenters. The number of nitrogens with zero attached hydrogens (tertiary/aromatic N) is 2. The van der Waals surface area contributed by atoms with Gasteiger partial charge in [0.1, 0.15) is 4.90 Å². The van der Waals surface area contributed by atoms with E-state index in [0.29, 0.717) is 25.1 Å². The zero-order valence-corrected chi connectivity index (χ0v) is 16.8. The van der Waals surface area contributed by atoms with Crippen molar-refractivity contribution in [2.45, 2.75) is 24.7 Å². The molecular formula is C18H20BrN3O3S. The molecule has 1 amide bonds. The quantitative estimate of drug-likeness (QED) is 0.796. The maximum atomic E-state index is 12.7. The molecule has 1 saturated heterocycles. The summed E-state index contributed by atoms with van der Waals surface area (Å²) < 4.78 is 27.8. The first-order chi connectivity index (χ1) is 12.4. The molecule has 2 aromatic rings. The normalized spacial score (nSPS) is 18.5. The Balaban J connectivity index is 1.71. The van der Waals surface area contributed by atoms with Crippen molar-refractivity contribution in [3.63, 3.8) is 0 Å². The van der Waals surface area contributed by atoms with Crippen LogP contribution in [0.4, 0.5) is 5.69 Å². The number of amides is 1. The maximum absolute atomic E-state index is 12.7. The van der Waals surface area contributed by atoms with E-state index in [1.165, 1.54) is 22.8 Å². The van der Waals surface area contributed by atoms with Gasteiger partial charge >= 0.3 is 0 Å². The van der Waals surface area contributed by atoms with E-state index in [9.17, 15) is 13.2 Å². The van der Waals surface area contributed by atoms with Gasteiger partial charge in [0.2, 0.25) is 15.9 Å². The molecule has 1 aromatic carbocycles. The highest BCUT2D eigenvalue weighted by molar-refractivity contribution is 9.10. The second-order valence-corrected chi connectivity index (χ2v) is 9.14. The van der Waals surface area contributed by atoms with Crippen LogP contribution in [-0.4, -0.2) is 36.7 Å². The number of anilines is 1. The molecule has 0 spiro atoms. The van der Waals surface area contributed by atoms with Gasteiger partial charge in [-0.1, -0.05) is 15.9 Å². The predicted molar refractivity (Wildman–Crippen MR) is 103 cm³/mol. The molecule has 1 aliphatic rings. The van der Waals surface area contributed by atoms with Crippen LogP contribution in [0.2, 0.25) is 0 Å². The van der Waals surface area contributed by atoms with Crippen LogP contribution in [0.15, 0.2) is 52.1 Å². The van der Waals surface area contributed by atoms with Crippen molar-refractivity contribution in [2.24, 2.45) is 5.92 Å². The highest BCUT2D eigenvalue weighted by atomic mass is 79.9. The van der Waals surface area contributed by atoms with Crippen molar-refractivity contribution >= 4 is 37.5 Å². The van der Waals surface area contributed by atoms with Crippen LogP contribution in [0.3, 0.4) is 0 Å². The molecule has 0 bridgehead atoms. The fourth-order valence-corrected chi connectivity index (χ4v) is 4.73. The van der Waals surface area contributed by atoms with Gasteiger partial charge in [-0.2, -0.15) is 4.31 Å².